The predicted octanol–water partition coefficient (Wildman–Crippen LogP) is 8.89. The van der Waals surface area contributed by atoms with Crippen molar-refractivity contribution in [3.8, 4) is 39.5 Å². The summed E-state index contributed by atoms with van der Waals surface area (Å²) in [5.74, 6) is 0.195. The van der Waals surface area contributed by atoms with Crippen LogP contribution >= 0.6 is 0 Å². The van der Waals surface area contributed by atoms with E-state index >= 15 is 0 Å². The summed E-state index contributed by atoms with van der Waals surface area (Å²) in [6, 6.07) is 53.0. The van der Waals surface area contributed by atoms with Gasteiger partial charge in [-0.1, -0.05) is 109 Å². The maximum atomic E-state index is 10.7. The maximum absolute atomic E-state index is 10.7. The number of hydrogen-bond acceptors (Lipinski definition) is 3. The van der Waals surface area contributed by atoms with Crippen molar-refractivity contribution in [1.82, 2.24) is 15.0 Å². The molecule has 0 saturated carbocycles. The first-order valence-corrected chi connectivity index (χ1v) is 14.3. The van der Waals surface area contributed by atoms with Crippen LogP contribution in [0.15, 0.2) is 164 Å². The van der Waals surface area contributed by atoms with Crippen LogP contribution in [-0.2, 0) is 5.41 Å². The second-order valence-corrected chi connectivity index (χ2v) is 10.5. The second-order valence-electron chi connectivity index (χ2n) is 10.5. The standard InChI is InChI=1S/C39H29N3O/c43-36-21-11-10-20-32(36)34-26-29(28-14-4-1-5-15-28)27-35(41-34)33-23-24-38(42-33)39(30-16-6-2-7-17-30,31-18-8-3-9-19-31)37-22-12-13-25-40-37/h1-27,42-43H. The molecule has 43 heavy (non-hydrogen) atoms. The van der Waals surface area contributed by atoms with Gasteiger partial charge >= 0.3 is 0 Å². The third-order valence-electron chi connectivity index (χ3n) is 7.94. The Labute approximate surface area is 251 Å². The van der Waals surface area contributed by atoms with Gasteiger partial charge in [0.2, 0.25) is 0 Å². The highest BCUT2D eigenvalue weighted by molar-refractivity contribution is 5.78. The van der Waals surface area contributed by atoms with Crippen LogP contribution < -0.4 is 0 Å². The molecular formula is C39H29N3O. The van der Waals surface area contributed by atoms with Gasteiger partial charge in [0.05, 0.1) is 22.8 Å². The van der Waals surface area contributed by atoms with E-state index in [0.717, 1.165) is 45.0 Å². The van der Waals surface area contributed by atoms with Gasteiger partial charge in [-0.25, -0.2) is 4.98 Å². The largest absolute Gasteiger partial charge is 0.507 e. The Morgan fingerprint density at radius 3 is 1.79 bits per heavy atom. The number of aromatic amines is 1. The monoisotopic (exact) mass is 555 g/mol. The number of phenolic OH excluding ortho intramolecular Hbond substituents is 1. The molecule has 7 rings (SSSR count). The summed E-state index contributed by atoms with van der Waals surface area (Å²) in [4.78, 5) is 13.8. The molecule has 2 N–H and O–H groups in total. The van der Waals surface area contributed by atoms with E-state index in [4.69, 9.17) is 9.97 Å². The molecule has 3 aromatic heterocycles. The summed E-state index contributed by atoms with van der Waals surface area (Å²) in [5.41, 5.74) is 8.54. The first-order valence-electron chi connectivity index (χ1n) is 14.3. The zero-order chi connectivity index (χ0) is 29.1. The van der Waals surface area contributed by atoms with Crippen molar-refractivity contribution in [1.29, 1.82) is 0 Å². The topological polar surface area (TPSA) is 61.8 Å². The van der Waals surface area contributed by atoms with E-state index in [9.17, 15) is 5.11 Å². The fourth-order valence-corrected chi connectivity index (χ4v) is 5.93. The summed E-state index contributed by atoms with van der Waals surface area (Å²) in [6.45, 7) is 0. The number of nitrogens with zero attached hydrogens (tertiary/aromatic N) is 2. The Morgan fingerprint density at radius 1 is 0.535 bits per heavy atom. The van der Waals surface area contributed by atoms with Crippen LogP contribution in [0, 0.1) is 0 Å². The average molecular weight is 556 g/mol. The number of phenols is 1. The molecule has 0 radical (unpaired) electrons. The third-order valence-corrected chi connectivity index (χ3v) is 7.94. The highest BCUT2D eigenvalue weighted by atomic mass is 16.3. The molecule has 7 aromatic rings. The minimum Gasteiger partial charge on any atom is -0.507 e. The van der Waals surface area contributed by atoms with E-state index in [-0.39, 0.29) is 5.75 Å². The predicted molar refractivity (Wildman–Crippen MR) is 173 cm³/mol. The van der Waals surface area contributed by atoms with Crippen LogP contribution in [-0.4, -0.2) is 20.1 Å². The van der Waals surface area contributed by atoms with Crippen molar-refractivity contribution in [2.45, 2.75) is 5.41 Å². The van der Waals surface area contributed by atoms with Gasteiger partial charge in [-0.2, -0.15) is 0 Å². The maximum Gasteiger partial charge on any atom is 0.124 e. The summed E-state index contributed by atoms with van der Waals surface area (Å²) in [5, 5.41) is 10.7. The van der Waals surface area contributed by atoms with Gasteiger partial charge in [-0.3, -0.25) is 4.98 Å². The first-order chi connectivity index (χ1) is 21.2. The highest BCUT2D eigenvalue weighted by Gasteiger charge is 2.40. The molecule has 3 heterocycles. The molecule has 0 saturated heterocycles. The number of aromatic nitrogens is 3. The summed E-state index contributed by atoms with van der Waals surface area (Å²) in [6.07, 6.45) is 1.85. The zero-order valence-corrected chi connectivity index (χ0v) is 23.4. The van der Waals surface area contributed by atoms with Gasteiger partial charge in [0, 0.05) is 17.5 Å². The molecule has 0 bridgehead atoms. The molecule has 0 aliphatic rings. The lowest BCUT2D eigenvalue weighted by molar-refractivity contribution is 0.477. The highest BCUT2D eigenvalue weighted by Crippen LogP contribution is 2.44. The van der Waals surface area contributed by atoms with Gasteiger partial charge in [-0.05, 0) is 70.8 Å². The fourth-order valence-electron chi connectivity index (χ4n) is 5.93. The first kappa shape index (κ1) is 26.2. The lowest BCUT2D eigenvalue weighted by atomic mass is 9.69. The van der Waals surface area contributed by atoms with Gasteiger partial charge in [0.1, 0.15) is 11.2 Å². The van der Waals surface area contributed by atoms with Crippen molar-refractivity contribution < 1.29 is 5.11 Å². The Morgan fingerprint density at radius 2 is 1.14 bits per heavy atom. The molecule has 4 aromatic carbocycles. The van der Waals surface area contributed by atoms with Crippen molar-refractivity contribution in [2.24, 2.45) is 0 Å². The number of rotatable bonds is 7. The molecule has 0 atom stereocenters. The van der Waals surface area contributed by atoms with Crippen molar-refractivity contribution in [2.75, 3.05) is 0 Å². The van der Waals surface area contributed by atoms with E-state index in [1.54, 1.807) is 6.07 Å². The quantitative estimate of drug-likeness (QED) is 0.206. The summed E-state index contributed by atoms with van der Waals surface area (Å²) < 4.78 is 0. The molecule has 4 nitrogen and oxygen atoms in total. The van der Waals surface area contributed by atoms with E-state index in [1.165, 1.54) is 0 Å². The van der Waals surface area contributed by atoms with Crippen LogP contribution in [0.1, 0.15) is 22.5 Å². The zero-order valence-electron chi connectivity index (χ0n) is 23.4. The minimum atomic E-state index is -0.695. The van der Waals surface area contributed by atoms with Crippen molar-refractivity contribution in [3.63, 3.8) is 0 Å². The Hall–Kier alpha value is -5.74. The minimum absolute atomic E-state index is 0.195. The van der Waals surface area contributed by atoms with Crippen LogP contribution in [0.2, 0.25) is 0 Å². The number of para-hydroxylation sites is 1. The Bertz CT molecular complexity index is 1870. The smallest absolute Gasteiger partial charge is 0.124 e. The van der Waals surface area contributed by atoms with E-state index in [0.29, 0.717) is 11.3 Å². The number of benzene rings is 4. The molecule has 4 heteroatoms. The van der Waals surface area contributed by atoms with Crippen LogP contribution in [0.3, 0.4) is 0 Å². The number of H-pyrrole nitrogens is 1. The lowest BCUT2D eigenvalue weighted by Gasteiger charge is -2.34. The number of nitrogens with one attached hydrogen (secondary N) is 1. The Balaban J connectivity index is 1.46. The van der Waals surface area contributed by atoms with Crippen molar-refractivity contribution in [3.05, 3.63) is 186 Å². The normalized spacial score (nSPS) is 11.3. The van der Waals surface area contributed by atoms with Crippen molar-refractivity contribution >= 4 is 0 Å². The van der Waals surface area contributed by atoms with E-state index in [1.807, 2.05) is 72.9 Å². The number of hydrogen-bond donors (Lipinski definition) is 2. The molecule has 0 spiro atoms. The van der Waals surface area contributed by atoms with E-state index in [2.05, 4.69) is 89.9 Å². The van der Waals surface area contributed by atoms with Gasteiger partial charge in [-0.15, -0.1) is 0 Å². The average Bonchev–Trinajstić information content (AvgIpc) is 3.58. The molecule has 0 aliphatic carbocycles. The number of pyridine rings is 2. The Kier molecular flexibility index (Phi) is 6.86. The summed E-state index contributed by atoms with van der Waals surface area (Å²) >= 11 is 0. The third kappa shape index (κ3) is 4.79. The molecule has 0 aliphatic heterocycles. The van der Waals surface area contributed by atoms with Gasteiger partial charge in [0.25, 0.3) is 0 Å². The molecule has 0 amide bonds. The van der Waals surface area contributed by atoms with Crippen LogP contribution in [0.25, 0.3) is 33.8 Å². The van der Waals surface area contributed by atoms with Gasteiger partial charge in [0.15, 0.2) is 0 Å². The number of aromatic hydroxyl groups is 1. The summed E-state index contributed by atoms with van der Waals surface area (Å²) in [7, 11) is 0. The molecule has 0 fully saturated rings. The second kappa shape index (κ2) is 11.3. The van der Waals surface area contributed by atoms with Crippen LogP contribution in [0.5, 0.6) is 5.75 Å². The van der Waals surface area contributed by atoms with E-state index < -0.39 is 5.41 Å². The van der Waals surface area contributed by atoms with Crippen LogP contribution in [0.4, 0.5) is 0 Å². The molecule has 0 unspecified atom stereocenters. The molecule has 206 valence electrons. The van der Waals surface area contributed by atoms with Gasteiger partial charge < -0.3 is 10.1 Å². The molecular weight excluding hydrogens is 526 g/mol. The fraction of sp³-hybridized carbons (Fsp3) is 0.0256. The lowest BCUT2D eigenvalue weighted by Crippen LogP contribution is -2.32. The SMILES string of the molecule is Oc1ccccc1-c1cc(-c2ccccc2)cc(-c2ccc(C(c3ccccc3)(c3ccccc3)c3ccccn3)[nH]2)n1.